The summed E-state index contributed by atoms with van der Waals surface area (Å²) in [6.07, 6.45) is 3.58. The lowest BCUT2D eigenvalue weighted by atomic mass is 9.98. The zero-order valence-corrected chi connectivity index (χ0v) is 16.0. The molecule has 3 heterocycles. The highest BCUT2D eigenvalue weighted by Gasteiger charge is 2.28. The summed E-state index contributed by atoms with van der Waals surface area (Å²) in [5.74, 6) is 0.215. The fourth-order valence-corrected chi connectivity index (χ4v) is 4.73. The van der Waals surface area contributed by atoms with Crippen LogP contribution in [0, 0.1) is 0 Å². The van der Waals surface area contributed by atoms with Gasteiger partial charge in [0, 0.05) is 19.0 Å². The van der Waals surface area contributed by atoms with Crippen molar-refractivity contribution in [3.63, 3.8) is 0 Å². The highest BCUT2D eigenvalue weighted by atomic mass is 32.1. The number of likely N-dealkylation sites (tertiary alicyclic amines) is 1. The Kier molecular flexibility index (Phi) is 4.37. The van der Waals surface area contributed by atoms with Crippen molar-refractivity contribution >= 4 is 27.5 Å². The molecule has 1 aliphatic heterocycles. The number of thiazole rings is 1. The minimum atomic E-state index is -0.0620. The van der Waals surface area contributed by atoms with Gasteiger partial charge in [-0.05, 0) is 37.1 Å². The van der Waals surface area contributed by atoms with Crippen molar-refractivity contribution in [1.82, 2.24) is 24.9 Å². The average Bonchev–Trinajstić information content (AvgIpc) is 3.41. The summed E-state index contributed by atoms with van der Waals surface area (Å²) < 4.78 is 1.20. The van der Waals surface area contributed by atoms with E-state index in [0.29, 0.717) is 12.2 Å². The number of fused-ring (bicyclic) bond motifs is 1. The lowest BCUT2D eigenvalue weighted by molar-refractivity contribution is 0.0700. The van der Waals surface area contributed by atoms with Crippen molar-refractivity contribution < 1.29 is 4.79 Å². The van der Waals surface area contributed by atoms with Gasteiger partial charge in [-0.2, -0.15) is 9.90 Å². The summed E-state index contributed by atoms with van der Waals surface area (Å²) >= 11 is 1.73. The van der Waals surface area contributed by atoms with E-state index < -0.39 is 0 Å². The van der Waals surface area contributed by atoms with Crippen molar-refractivity contribution in [2.45, 2.75) is 18.8 Å². The Bertz CT molecular complexity index is 1090. The van der Waals surface area contributed by atoms with E-state index in [9.17, 15) is 4.79 Å². The van der Waals surface area contributed by atoms with Crippen LogP contribution < -0.4 is 0 Å². The second-order valence-electron chi connectivity index (χ2n) is 6.96. The van der Waals surface area contributed by atoms with E-state index in [1.165, 1.54) is 9.50 Å². The number of nitrogens with zero attached hydrogens (tertiary/aromatic N) is 5. The minimum absolute atomic E-state index is 0.0620. The highest BCUT2D eigenvalue weighted by molar-refractivity contribution is 7.18. The van der Waals surface area contributed by atoms with Crippen LogP contribution in [0.2, 0.25) is 0 Å². The van der Waals surface area contributed by atoms with Gasteiger partial charge >= 0.3 is 0 Å². The van der Waals surface area contributed by atoms with E-state index in [-0.39, 0.29) is 11.8 Å². The first-order valence-corrected chi connectivity index (χ1v) is 10.2. The van der Waals surface area contributed by atoms with E-state index in [2.05, 4.69) is 16.3 Å². The number of benzene rings is 2. The molecule has 1 aliphatic rings. The standard InChI is InChI=1S/C21H19N5OS/c27-21(18-13-22-26(24-18)16-8-2-1-3-9-16)25-12-6-7-15(14-25)20-23-17-10-4-5-11-19(17)28-20/h1-5,8-11,13,15H,6-7,12,14H2. The molecule has 2 aromatic carbocycles. The smallest absolute Gasteiger partial charge is 0.276 e. The zero-order chi connectivity index (χ0) is 18.9. The van der Waals surface area contributed by atoms with E-state index >= 15 is 0 Å². The van der Waals surface area contributed by atoms with Gasteiger partial charge in [0.05, 0.1) is 27.1 Å². The van der Waals surface area contributed by atoms with Gasteiger partial charge in [-0.15, -0.1) is 16.4 Å². The number of para-hydroxylation sites is 2. The third kappa shape index (κ3) is 3.18. The van der Waals surface area contributed by atoms with Gasteiger partial charge in [-0.1, -0.05) is 30.3 Å². The average molecular weight is 389 g/mol. The molecule has 0 aliphatic carbocycles. The molecule has 0 spiro atoms. The number of aromatic nitrogens is 4. The third-order valence-electron chi connectivity index (χ3n) is 5.07. The molecule has 140 valence electrons. The molecule has 0 N–H and O–H groups in total. The van der Waals surface area contributed by atoms with Crippen molar-refractivity contribution in [2.24, 2.45) is 0 Å². The third-order valence-corrected chi connectivity index (χ3v) is 6.27. The van der Waals surface area contributed by atoms with Crippen LogP contribution in [-0.2, 0) is 0 Å². The summed E-state index contributed by atoms with van der Waals surface area (Å²) in [5.41, 5.74) is 2.26. The number of hydrogen-bond donors (Lipinski definition) is 0. The van der Waals surface area contributed by atoms with E-state index in [1.807, 2.05) is 53.4 Å². The first-order chi connectivity index (χ1) is 13.8. The van der Waals surface area contributed by atoms with Crippen LogP contribution in [-0.4, -0.2) is 43.9 Å². The summed E-state index contributed by atoms with van der Waals surface area (Å²) in [7, 11) is 0. The molecule has 2 aromatic heterocycles. The Balaban J connectivity index is 1.35. The Morgan fingerprint density at radius 1 is 1.07 bits per heavy atom. The maximum Gasteiger partial charge on any atom is 0.276 e. The minimum Gasteiger partial charge on any atom is -0.336 e. The lowest BCUT2D eigenvalue weighted by Crippen LogP contribution is -2.39. The molecule has 1 fully saturated rings. The number of hydrogen-bond acceptors (Lipinski definition) is 5. The van der Waals surface area contributed by atoms with Crippen molar-refractivity contribution in [3.05, 3.63) is 71.5 Å². The molecule has 5 rings (SSSR count). The fourth-order valence-electron chi connectivity index (χ4n) is 3.64. The molecule has 7 heteroatoms. The quantitative estimate of drug-likeness (QED) is 0.533. The maximum atomic E-state index is 13.0. The van der Waals surface area contributed by atoms with Crippen LogP contribution in [0.1, 0.15) is 34.3 Å². The molecule has 0 bridgehead atoms. The van der Waals surface area contributed by atoms with Crippen LogP contribution in [0.3, 0.4) is 0 Å². The summed E-state index contributed by atoms with van der Waals surface area (Å²) in [4.78, 5) is 21.2. The fraction of sp³-hybridized carbons (Fsp3) is 0.238. The Labute approximate surface area is 166 Å². The molecule has 1 saturated heterocycles. The lowest BCUT2D eigenvalue weighted by Gasteiger charge is -2.31. The second-order valence-corrected chi connectivity index (χ2v) is 8.03. The molecule has 0 saturated carbocycles. The molecular formula is C21H19N5OS. The number of piperidine rings is 1. The summed E-state index contributed by atoms with van der Waals surface area (Å²) in [6.45, 7) is 1.43. The highest BCUT2D eigenvalue weighted by Crippen LogP contribution is 2.33. The monoisotopic (exact) mass is 389 g/mol. The van der Waals surface area contributed by atoms with Crippen LogP contribution >= 0.6 is 11.3 Å². The Morgan fingerprint density at radius 3 is 2.75 bits per heavy atom. The number of carbonyl (C=O) groups excluding carboxylic acids is 1. The van der Waals surface area contributed by atoms with E-state index in [0.717, 1.165) is 35.6 Å². The molecule has 0 radical (unpaired) electrons. The molecule has 1 unspecified atom stereocenters. The Morgan fingerprint density at radius 2 is 1.89 bits per heavy atom. The molecular weight excluding hydrogens is 370 g/mol. The normalized spacial score (nSPS) is 17.1. The topological polar surface area (TPSA) is 63.9 Å². The van der Waals surface area contributed by atoms with Crippen LogP contribution in [0.4, 0.5) is 0 Å². The predicted molar refractivity (Wildman–Crippen MR) is 109 cm³/mol. The van der Waals surface area contributed by atoms with Crippen LogP contribution in [0.25, 0.3) is 15.9 Å². The molecule has 1 atom stereocenters. The van der Waals surface area contributed by atoms with Gasteiger partial charge in [-0.25, -0.2) is 4.98 Å². The summed E-state index contributed by atoms with van der Waals surface area (Å²) in [5, 5.41) is 9.76. The number of rotatable bonds is 3. The molecule has 4 aromatic rings. The maximum absolute atomic E-state index is 13.0. The number of amides is 1. The van der Waals surface area contributed by atoms with Gasteiger partial charge in [0.1, 0.15) is 0 Å². The van der Waals surface area contributed by atoms with Crippen LogP contribution in [0.15, 0.2) is 60.8 Å². The van der Waals surface area contributed by atoms with Gasteiger partial charge in [-0.3, -0.25) is 4.79 Å². The van der Waals surface area contributed by atoms with Crippen LogP contribution in [0.5, 0.6) is 0 Å². The molecule has 28 heavy (non-hydrogen) atoms. The van der Waals surface area contributed by atoms with Crippen molar-refractivity contribution in [2.75, 3.05) is 13.1 Å². The van der Waals surface area contributed by atoms with Crippen molar-refractivity contribution in [1.29, 1.82) is 0 Å². The van der Waals surface area contributed by atoms with Crippen molar-refractivity contribution in [3.8, 4) is 5.69 Å². The van der Waals surface area contributed by atoms with E-state index in [4.69, 9.17) is 4.98 Å². The van der Waals surface area contributed by atoms with Gasteiger partial charge in [0.25, 0.3) is 5.91 Å². The van der Waals surface area contributed by atoms with Gasteiger partial charge in [0.2, 0.25) is 0 Å². The SMILES string of the molecule is O=C(c1cnn(-c2ccccc2)n1)N1CCCC(c2nc3ccccc3s2)C1. The first kappa shape index (κ1) is 17.1. The first-order valence-electron chi connectivity index (χ1n) is 9.40. The van der Waals surface area contributed by atoms with Gasteiger partial charge < -0.3 is 4.90 Å². The molecule has 6 nitrogen and oxygen atoms in total. The second kappa shape index (κ2) is 7.16. The van der Waals surface area contributed by atoms with E-state index in [1.54, 1.807) is 17.5 Å². The Hall–Kier alpha value is -3.06. The molecule has 1 amide bonds. The largest absolute Gasteiger partial charge is 0.336 e. The summed E-state index contributed by atoms with van der Waals surface area (Å²) in [6, 6.07) is 17.8. The zero-order valence-electron chi connectivity index (χ0n) is 15.2. The predicted octanol–water partition coefficient (Wildman–Crippen LogP) is 3.90. The van der Waals surface area contributed by atoms with Gasteiger partial charge in [0.15, 0.2) is 5.69 Å². The number of carbonyl (C=O) groups is 1.